The topological polar surface area (TPSA) is 43.4 Å². The van der Waals surface area contributed by atoms with Crippen LogP contribution in [0.4, 0.5) is 0 Å². The van der Waals surface area contributed by atoms with E-state index in [0.29, 0.717) is 29.0 Å². The molecule has 0 N–H and O–H groups in total. The lowest BCUT2D eigenvalue weighted by molar-refractivity contribution is -0.148. The van der Waals surface area contributed by atoms with Crippen molar-refractivity contribution in [2.75, 3.05) is 0 Å². The third-order valence-corrected chi connectivity index (χ3v) is 11.1. The van der Waals surface area contributed by atoms with Crippen LogP contribution in [0.1, 0.15) is 126 Å². The van der Waals surface area contributed by atoms with Crippen molar-refractivity contribution in [2.24, 2.45) is 34.0 Å². The smallest absolute Gasteiger partial charge is 0.302 e. The minimum absolute atomic E-state index is 0.0438. The van der Waals surface area contributed by atoms with Crippen molar-refractivity contribution in [3.8, 4) is 0 Å². The van der Waals surface area contributed by atoms with Crippen LogP contribution in [0, 0.1) is 34.0 Å². The van der Waals surface area contributed by atoms with Gasteiger partial charge in [-0.2, -0.15) is 0 Å². The zero-order valence-corrected chi connectivity index (χ0v) is 25.9. The summed E-state index contributed by atoms with van der Waals surface area (Å²) in [6.45, 7) is 15.3. The number of allylic oxidation sites excluding steroid dienone is 7. The Bertz CT molecular complexity index is 1060. The van der Waals surface area contributed by atoms with Gasteiger partial charge in [0, 0.05) is 25.2 Å². The van der Waals surface area contributed by atoms with E-state index in [-0.39, 0.29) is 22.9 Å². The molecule has 39 heavy (non-hydrogen) atoms. The Morgan fingerprint density at radius 1 is 0.897 bits per heavy atom. The number of ketones is 1. The summed E-state index contributed by atoms with van der Waals surface area (Å²) >= 11 is 0. The lowest BCUT2D eigenvalue weighted by Crippen LogP contribution is -2.50. The number of hydrogen-bond acceptors (Lipinski definition) is 3. The summed E-state index contributed by atoms with van der Waals surface area (Å²) in [7, 11) is 0. The zero-order valence-electron chi connectivity index (χ0n) is 25.9. The van der Waals surface area contributed by atoms with E-state index in [1.165, 1.54) is 42.9 Å². The molecular formula is C36H54O3. The maximum absolute atomic E-state index is 12.4. The van der Waals surface area contributed by atoms with Gasteiger partial charge in [-0.3, -0.25) is 9.59 Å². The first-order valence-electron chi connectivity index (χ1n) is 15.7. The zero-order chi connectivity index (χ0) is 28.4. The van der Waals surface area contributed by atoms with Crippen molar-refractivity contribution in [3.05, 3.63) is 47.1 Å². The fourth-order valence-corrected chi connectivity index (χ4v) is 8.53. The van der Waals surface area contributed by atoms with Crippen molar-refractivity contribution in [3.63, 3.8) is 0 Å². The molecule has 3 saturated carbocycles. The Labute approximate surface area is 238 Å². The molecule has 5 rings (SSSR count). The van der Waals surface area contributed by atoms with E-state index in [0.717, 1.165) is 57.8 Å². The highest BCUT2D eigenvalue weighted by atomic mass is 16.5. The highest BCUT2D eigenvalue weighted by Gasteiger charge is 2.58. The molecule has 0 aromatic heterocycles. The predicted molar refractivity (Wildman–Crippen MR) is 161 cm³/mol. The van der Waals surface area contributed by atoms with Crippen LogP contribution in [0.3, 0.4) is 0 Å². The maximum atomic E-state index is 12.4. The van der Waals surface area contributed by atoms with Gasteiger partial charge in [0.25, 0.3) is 0 Å². The molecule has 3 fully saturated rings. The Balaban J connectivity index is 0.000000204. The third kappa shape index (κ3) is 6.71. The minimum atomic E-state index is -0.157. The van der Waals surface area contributed by atoms with Gasteiger partial charge < -0.3 is 4.74 Å². The average Bonchev–Trinajstić information content (AvgIpc) is 3.16. The molecule has 0 radical (unpaired) electrons. The number of esters is 1. The molecule has 0 bridgehead atoms. The van der Waals surface area contributed by atoms with E-state index < -0.39 is 0 Å². The van der Waals surface area contributed by atoms with Crippen LogP contribution < -0.4 is 0 Å². The second kappa shape index (κ2) is 11.9. The molecule has 0 heterocycles. The molecule has 0 saturated heterocycles. The van der Waals surface area contributed by atoms with Crippen molar-refractivity contribution in [1.82, 2.24) is 0 Å². The van der Waals surface area contributed by atoms with Crippen LogP contribution >= 0.6 is 0 Å². The van der Waals surface area contributed by atoms with Gasteiger partial charge in [-0.15, -0.1) is 0 Å². The maximum Gasteiger partial charge on any atom is 0.302 e. The van der Waals surface area contributed by atoms with Gasteiger partial charge in [-0.05, 0) is 107 Å². The number of hydrogen-bond donors (Lipinski definition) is 0. The molecule has 0 aromatic carbocycles. The monoisotopic (exact) mass is 534 g/mol. The van der Waals surface area contributed by atoms with Crippen LogP contribution in [0.15, 0.2) is 47.1 Å². The molecule has 3 heteroatoms. The summed E-state index contributed by atoms with van der Waals surface area (Å²) in [6, 6.07) is 0. The molecule has 3 nitrogen and oxygen atoms in total. The molecule has 0 amide bonds. The standard InChI is InChI=1S/C21H30O3.C15H24/c1-13(22)24-15-8-10-20(2)14(12-15)4-5-16-17-6-7-19(23)21(17,3)11-9-18(16)20;1-13-7-5-8-14(2)10-12-15(3,4)11-6-9-13/h4,15-18H,5-12H2,1-3H3;6-7,10-11H,5,8-9,12H2,1-4H3. The molecule has 6 atom stereocenters. The number of fused-ring (bicyclic) bond motifs is 5. The second-order valence-corrected chi connectivity index (χ2v) is 14.6. The van der Waals surface area contributed by atoms with Gasteiger partial charge in [-0.1, -0.05) is 74.8 Å². The molecule has 5 aliphatic rings. The average molecular weight is 535 g/mol. The van der Waals surface area contributed by atoms with Crippen molar-refractivity contribution in [2.45, 2.75) is 132 Å². The molecular weight excluding hydrogens is 480 g/mol. The Morgan fingerprint density at radius 2 is 1.62 bits per heavy atom. The minimum Gasteiger partial charge on any atom is -0.462 e. The highest BCUT2D eigenvalue weighted by molar-refractivity contribution is 5.87. The predicted octanol–water partition coefficient (Wildman–Crippen LogP) is 9.49. The first-order chi connectivity index (χ1) is 18.3. The number of rotatable bonds is 1. The summed E-state index contributed by atoms with van der Waals surface area (Å²) in [6.07, 6.45) is 25.0. The summed E-state index contributed by atoms with van der Waals surface area (Å²) in [5.74, 6) is 2.33. The van der Waals surface area contributed by atoms with Crippen LogP contribution in [-0.4, -0.2) is 17.9 Å². The van der Waals surface area contributed by atoms with E-state index in [9.17, 15) is 9.59 Å². The van der Waals surface area contributed by atoms with E-state index in [1.807, 2.05) is 0 Å². The summed E-state index contributed by atoms with van der Waals surface area (Å²) in [4.78, 5) is 23.7. The number of carbonyl (C=O) groups is 2. The molecule has 216 valence electrons. The number of carbonyl (C=O) groups excluding carboxylic acids is 2. The SMILES string of the molecule is CC(=O)OC1CCC2(C)C(=CCC3C4CCC(=O)C4(C)CCC32)C1.CC1=CCCC(C)=CCC(C)(C)C=CC1. The molecule has 0 aromatic rings. The summed E-state index contributed by atoms with van der Waals surface area (Å²) in [5, 5.41) is 0. The van der Waals surface area contributed by atoms with Crippen LogP contribution in [-0.2, 0) is 14.3 Å². The number of ether oxygens (including phenoxy) is 1. The van der Waals surface area contributed by atoms with E-state index in [2.05, 4.69) is 71.9 Å². The van der Waals surface area contributed by atoms with Crippen LogP contribution in [0.25, 0.3) is 0 Å². The van der Waals surface area contributed by atoms with Crippen molar-refractivity contribution < 1.29 is 14.3 Å². The molecule has 0 spiro atoms. The van der Waals surface area contributed by atoms with Crippen LogP contribution in [0.5, 0.6) is 0 Å². The summed E-state index contributed by atoms with van der Waals surface area (Å²) < 4.78 is 5.50. The first kappa shape index (κ1) is 30.1. The Morgan fingerprint density at radius 3 is 2.36 bits per heavy atom. The van der Waals surface area contributed by atoms with Gasteiger partial charge in [0.05, 0.1) is 0 Å². The molecule has 6 unspecified atom stereocenters. The lowest BCUT2D eigenvalue weighted by Gasteiger charge is -2.56. The van der Waals surface area contributed by atoms with E-state index in [4.69, 9.17) is 4.74 Å². The highest BCUT2D eigenvalue weighted by Crippen LogP contribution is 2.64. The first-order valence-corrected chi connectivity index (χ1v) is 15.7. The summed E-state index contributed by atoms with van der Waals surface area (Å²) in [5.41, 5.74) is 5.07. The van der Waals surface area contributed by atoms with Crippen molar-refractivity contribution in [1.29, 1.82) is 0 Å². The molecule has 5 aliphatic carbocycles. The van der Waals surface area contributed by atoms with Crippen molar-refractivity contribution >= 4 is 11.8 Å². The fraction of sp³-hybridized carbons (Fsp3) is 0.722. The largest absolute Gasteiger partial charge is 0.462 e. The molecule has 0 aliphatic heterocycles. The lowest BCUT2D eigenvalue weighted by atomic mass is 9.48. The normalized spacial score (nSPS) is 37.8. The second-order valence-electron chi connectivity index (χ2n) is 14.6. The van der Waals surface area contributed by atoms with Gasteiger partial charge in [-0.25, -0.2) is 0 Å². The quantitative estimate of drug-likeness (QED) is 0.248. The Hall–Kier alpha value is -1.90. The fourth-order valence-electron chi connectivity index (χ4n) is 8.53. The van der Waals surface area contributed by atoms with Gasteiger partial charge in [0.15, 0.2) is 0 Å². The van der Waals surface area contributed by atoms with Gasteiger partial charge >= 0.3 is 5.97 Å². The third-order valence-electron chi connectivity index (χ3n) is 11.1. The van der Waals surface area contributed by atoms with E-state index in [1.54, 1.807) is 0 Å². The van der Waals surface area contributed by atoms with Gasteiger partial charge in [0.2, 0.25) is 0 Å². The Kier molecular flexibility index (Phi) is 9.18. The van der Waals surface area contributed by atoms with Crippen LogP contribution in [0.2, 0.25) is 0 Å². The number of Topliss-reactive ketones (excluding diaryl/α,β-unsaturated/α-hetero) is 1. The van der Waals surface area contributed by atoms with Gasteiger partial charge in [0.1, 0.15) is 11.9 Å². The van der Waals surface area contributed by atoms with E-state index >= 15 is 0 Å².